The molecular weight excluding hydrogens is 266 g/mol. The van der Waals surface area contributed by atoms with Crippen molar-refractivity contribution in [2.45, 2.75) is 19.3 Å². The van der Waals surface area contributed by atoms with Gasteiger partial charge < -0.3 is 4.90 Å². The Kier molecular flexibility index (Phi) is 2.49. The Labute approximate surface area is 115 Å². The molecular formula is C13H14ClN3S. The summed E-state index contributed by atoms with van der Waals surface area (Å²) in [6, 6.07) is 2.11. The topological polar surface area (TPSA) is 29.0 Å². The lowest BCUT2D eigenvalue weighted by Gasteiger charge is -2.19. The largest absolute Gasteiger partial charge is 0.355 e. The van der Waals surface area contributed by atoms with Gasteiger partial charge in [-0.25, -0.2) is 4.98 Å². The van der Waals surface area contributed by atoms with Crippen molar-refractivity contribution < 1.29 is 0 Å². The molecule has 18 heavy (non-hydrogen) atoms. The first kappa shape index (κ1) is 11.0. The highest BCUT2D eigenvalue weighted by Gasteiger charge is 2.37. The second-order valence-electron chi connectivity index (χ2n) is 5.31. The second kappa shape index (κ2) is 4.07. The fourth-order valence-electron chi connectivity index (χ4n) is 3.46. The van der Waals surface area contributed by atoms with E-state index in [1.54, 1.807) is 11.3 Å². The molecule has 0 amide bonds. The monoisotopic (exact) mass is 279 g/mol. The van der Waals surface area contributed by atoms with E-state index in [1.807, 2.05) is 0 Å². The van der Waals surface area contributed by atoms with Crippen molar-refractivity contribution in [3.63, 3.8) is 0 Å². The van der Waals surface area contributed by atoms with E-state index in [0.29, 0.717) is 5.28 Å². The lowest BCUT2D eigenvalue weighted by molar-refractivity contribution is 0.494. The predicted octanol–water partition coefficient (Wildman–Crippen LogP) is 3.58. The maximum atomic E-state index is 6.04. The average Bonchev–Trinajstić information content (AvgIpc) is 3.01. The standard InChI is InChI=1S/C13H14ClN3S/c14-13-15-11(10-4-5-18-12(10)16-13)17-6-8-2-1-3-9(8)7-17/h4-5,8-9H,1-3,6-7H2. The van der Waals surface area contributed by atoms with Crippen molar-refractivity contribution in [3.05, 3.63) is 16.7 Å². The van der Waals surface area contributed by atoms with Crippen LogP contribution in [0.1, 0.15) is 19.3 Å². The molecule has 2 aliphatic rings. The molecule has 2 aromatic rings. The fraction of sp³-hybridized carbons (Fsp3) is 0.538. The Morgan fingerprint density at radius 1 is 1.22 bits per heavy atom. The summed E-state index contributed by atoms with van der Waals surface area (Å²) in [6.07, 6.45) is 4.17. The molecule has 4 rings (SSSR count). The van der Waals surface area contributed by atoms with Gasteiger partial charge in [-0.05, 0) is 47.7 Å². The van der Waals surface area contributed by atoms with E-state index in [1.165, 1.54) is 19.3 Å². The summed E-state index contributed by atoms with van der Waals surface area (Å²) < 4.78 is 0. The molecule has 2 fully saturated rings. The molecule has 0 bridgehead atoms. The average molecular weight is 280 g/mol. The van der Waals surface area contributed by atoms with Gasteiger partial charge in [0.25, 0.3) is 0 Å². The first-order chi connectivity index (χ1) is 8.81. The van der Waals surface area contributed by atoms with E-state index in [4.69, 9.17) is 11.6 Å². The van der Waals surface area contributed by atoms with Gasteiger partial charge in [-0.15, -0.1) is 11.3 Å². The molecule has 1 saturated carbocycles. The third-order valence-electron chi connectivity index (χ3n) is 4.30. The van der Waals surface area contributed by atoms with Gasteiger partial charge >= 0.3 is 0 Å². The van der Waals surface area contributed by atoms with Crippen LogP contribution in [0.4, 0.5) is 5.82 Å². The summed E-state index contributed by atoms with van der Waals surface area (Å²) in [5.74, 6) is 2.78. The van der Waals surface area contributed by atoms with Crippen molar-refractivity contribution in [2.75, 3.05) is 18.0 Å². The molecule has 1 saturated heterocycles. The molecule has 2 atom stereocenters. The Bertz CT molecular complexity index is 585. The van der Waals surface area contributed by atoms with Crippen molar-refractivity contribution in [2.24, 2.45) is 11.8 Å². The van der Waals surface area contributed by atoms with Gasteiger partial charge in [-0.3, -0.25) is 0 Å². The number of anilines is 1. The van der Waals surface area contributed by atoms with Crippen LogP contribution in [0.5, 0.6) is 0 Å². The number of halogens is 1. The second-order valence-corrected chi connectivity index (χ2v) is 6.54. The number of fused-ring (bicyclic) bond motifs is 2. The summed E-state index contributed by atoms with van der Waals surface area (Å²) in [5, 5.41) is 3.59. The number of thiophene rings is 1. The summed E-state index contributed by atoms with van der Waals surface area (Å²) in [6.45, 7) is 2.28. The quantitative estimate of drug-likeness (QED) is 0.747. The van der Waals surface area contributed by atoms with E-state index in [0.717, 1.165) is 41.0 Å². The van der Waals surface area contributed by atoms with Gasteiger partial charge in [0.15, 0.2) is 0 Å². The van der Waals surface area contributed by atoms with E-state index in [9.17, 15) is 0 Å². The van der Waals surface area contributed by atoms with Gasteiger partial charge in [0, 0.05) is 13.1 Å². The van der Waals surface area contributed by atoms with Crippen LogP contribution < -0.4 is 4.90 Å². The highest BCUT2D eigenvalue weighted by Crippen LogP contribution is 2.41. The molecule has 2 unspecified atom stereocenters. The number of hydrogen-bond acceptors (Lipinski definition) is 4. The number of aromatic nitrogens is 2. The van der Waals surface area contributed by atoms with Crippen LogP contribution in [-0.2, 0) is 0 Å². The van der Waals surface area contributed by atoms with Crippen molar-refractivity contribution in [1.82, 2.24) is 9.97 Å². The Morgan fingerprint density at radius 3 is 2.78 bits per heavy atom. The van der Waals surface area contributed by atoms with Gasteiger partial charge in [-0.2, -0.15) is 4.98 Å². The van der Waals surface area contributed by atoms with E-state index in [-0.39, 0.29) is 0 Å². The molecule has 3 nitrogen and oxygen atoms in total. The van der Waals surface area contributed by atoms with E-state index in [2.05, 4.69) is 26.3 Å². The zero-order valence-electron chi connectivity index (χ0n) is 9.97. The molecule has 0 aromatic carbocycles. The molecule has 0 radical (unpaired) electrons. The fourth-order valence-corrected chi connectivity index (χ4v) is 4.44. The first-order valence-electron chi connectivity index (χ1n) is 6.47. The van der Waals surface area contributed by atoms with Gasteiger partial charge in [0.2, 0.25) is 5.28 Å². The van der Waals surface area contributed by atoms with Gasteiger partial charge in [0.1, 0.15) is 10.6 Å². The van der Waals surface area contributed by atoms with Gasteiger partial charge in [0.05, 0.1) is 5.39 Å². The summed E-state index contributed by atoms with van der Waals surface area (Å²) in [7, 11) is 0. The van der Waals surface area contributed by atoms with Crippen LogP contribution in [0, 0.1) is 11.8 Å². The minimum atomic E-state index is 0.372. The van der Waals surface area contributed by atoms with Crippen molar-refractivity contribution in [1.29, 1.82) is 0 Å². The van der Waals surface area contributed by atoms with Crippen molar-refractivity contribution >= 4 is 39.0 Å². The first-order valence-corrected chi connectivity index (χ1v) is 7.73. The molecule has 1 aliphatic heterocycles. The lowest BCUT2D eigenvalue weighted by atomic mass is 10.0. The normalized spacial score (nSPS) is 27.1. The highest BCUT2D eigenvalue weighted by molar-refractivity contribution is 7.16. The molecule has 3 heterocycles. The third kappa shape index (κ3) is 1.62. The van der Waals surface area contributed by atoms with Crippen LogP contribution >= 0.6 is 22.9 Å². The van der Waals surface area contributed by atoms with Crippen LogP contribution in [0.2, 0.25) is 5.28 Å². The zero-order chi connectivity index (χ0) is 12.1. The van der Waals surface area contributed by atoms with E-state index >= 15 is 0 Å². The maximum absolute atomic E-state index is 6.04. The van der Waals surface area contributed by atoms with E-state index < -0.39 is 0 Å². The molecule has 2 aromatic heterocycles. The Balaban J connectivity index is 1.76. The summed E-state index contributed by atoms with van der Waals surface area (Å²) in [4.78, 5) is 12.2. The van der Waals surface area contributed by atoms with Crippen LogP contribution in [-0.4, -0.2) is 23.1 Å². The van der Waals surface area contributed by atoms with Crippen LogP contribution in [0.3, 0.4) is 0 Å². The Morgan fingerprint density at radius 2 is 2.00 bits per heavy atom. The number of nitrogens with zero attached hydrogens (tertiary/aromatic N) is 3. The molecule has 0 spiro atoms. The minimum Gasteiger partial charge on any atom is -0.355 e. The molecule has 94 valence electrons. The molecule has 1 aliphatic carbocycles. The number of rotatable bonds is 1. The zero-order valence-corrected chi connectivity index (χ0v) is 11.5. The van der Waals surface area contributed by atoms with Crippen LogP contribution in [0.25, 0.3) is 10.2 Å². The number of hydrogen-bond donors (Lipinski definition) is 0. The SMILES string of the molecule is Clc1nc(N2CC3CCCC3C2)c2ccsc2n1. The minimum absolute atomic E-state index is 0.372. The molecule has 0 N–H and O–H groups in total. The smallest absolute Gasteiger partial charge is 0.225 e. The molecule has 5 heteroatoms. The van der Waals surface area contributed by atoms with Crippen molar-refractivity contribution in [3.8, 4) is 0 Å². The summed E-state index contributed by atoms with van der Waals surface area (Å²) >= 11 is 7.67. The lowest BCUT2D eigenvalue weighted by Crippen LogP contribution is -2.22. The highest BCUT2D eigenvalue weighted by atomic mass is 35.5. The summed E-state index contributed by atoms with van der Waals surface area (Å²) in [5.41, 5.74) is 0. The maximum Gasteiger partial charge on any atom is 0.225 e. The Hall–Kier alpha value is -0.870. The van der Waals surface area contributed by atoms with Crippen LogP contribution in [0.15, 0.2) is 11.4 Å². The third-order valence-corrected chi connectivity index (χ3v) is 5.28. The van der Waals surface area contributed by atoms with Gasteiger partial charge in [-0.1, -0.05) is 6.42 Å². The predicted molar refractivity (Wildman–Crippen MR) is 75.5 cm³/mol.